The number of nitrogens with zero attached hydrogens (tertiary/aromatic N) is 4. The molecule has 0 atom stereocenters. The molecule has 0 unspecified atom stereocenters. The molecular weight excluding hydrogens is 407 g/mol. The smallest absolute Gasteiger partial charge is 0.225 e. The number of hydrogen-bond acceptors (Lipinski definition) is 5. The highest BCUT2D eigenvalue weighted by molar-refractivity contribution is 6.02. The molecule has 0 saturated carbocycles. The maximum Gasteiger partial charge on any atom is 0.225 e. The Morgan fingerprint density at radius 2 is 1.62 bits per heavy atom. The van der Waals surface area contributed by atoms with Crippen LogP contribution in [-0.2, 0) is 16.2 Å². The van der Waals surface area contributed by atoms with Crippen molar-refractivity contribution >= 4 is 11.6 Å². The molecule has 2 aromatic rings. The van der Waals surface area contributed by atoms with Gasteiger partial charge in [-0.25, -0.2) is 4.39 Å². The van der Waals surface area contributed by atoms with Gasteiger partial charge in [-0.2, -0.15) is 0 Å². The fraction of sp³-hybridized carbons (Fsp3) is 0.480. The quantitative estimate of drug-likeness (QED) is 0.510. The molecule has 170 valence electrons. The van der Waals surface area contributed by atoms with Gasteiger partial charge in [0.15, 0.2) is 0 Å². The highest BCUT2D eigenvalue weighted by atomic mass is 19.1. The van der Waals surface area contributed by atoms with Crippen LogP contribution in [0, 0.1) is 17.7 Å². The van der Waals surface area contributed by atoms with Crippen molar-refractivity contribution in [3.8, 4) is 0 Å². The van der Waals surface area contributed by atoms with E-state index in [-0.39, 0.29) is 17.7 Å². The molecule has 4 rings (SSSR count). The van der Waals surface area contributed by atoms with Crippen LogP contribution in [0.2, 0.25) is 0 Å². The number of piperidine rings is 2. The molecule has 2 saturated heterocycles. The van der Waals surface area contributed by atoms with Gasteiger partial charge in [0.05, 0.1) is 5.71 Å². The summed E-state index contributed by atoms with van der Waals surface area (Å²) in [6.45, 7) is 4.27. The van der Waals surface area contributed by atoms with Gasteiger partial charge in [0, 0.05) is 43.9 Å². The Bertz CT molecular complexity index is 903. The lowest BCUT2D eigenvalue weighted by Gasteiger charge is -2.37. The number of carbonyl (C=O) groups excluding carboxylic acids is 1. The van der Waals surface area contributed by atoms with Gasteiger partial charge in [-0.3, -0.25) is 14.7 Å². The van der Waals surface area contributed by atoms with Crippen LogP contribution in [0.15, 0.2) is 53.9 Å². The molecule has 0 radical (unpaired) electrons. The molecule has 32 heavy (non-hydrogen) atoms. The number of pyridine rings is 1. The van der Waals surface area contributed by atoms with Crippen LogP contribution in [0.1, 0.15) is 36.8 Å². The SMILES string of the molecule is CON=C(c1ccc(F)cc1)C1CCN(C(=O)C2CCN(Cc3ccncc3)CC2)CC1. The molecule has 1 aromatic carbocycles. The van der Waals surface area contributed by atoms with Crippen molar-refractivity contribution < 1.29 is 14.0 Å². The first-order valence-electron chi connectivity index (χ1n) is 11.4. The van der Waals surface area contributed by atoms with Crippen LogP contribution in [0.3, 0.4) is 0 Å². The van der Waals surface area contributed by atoms with E-state index >= 15 is 0 Å². The summed E-state index contributed by atoms with van der Waals surface area (Å²) in [4.78, 5) is 26.7. The molecule has 2 aliphatic heterocycles. The zero-order chi connectivity index (χ0) is 22.3. The van der Waals surface area contributed by atoms with E-state index in [9.17, 15) is 9.18 Å². The Hall–Kier alpha value is -2.80. The van der Waals surface area contributed by atoms with E-state index in [1.807, 2.05) is 17.3 Å². The number of amides is 1. The van der Waals surface area contributed by atoms with Gasteiger partial charge in [0.2, 0.25) is 5.91 Å². The molecule has 0 bridgehead atoms. The van der Waals surface area contributed by atoms with Crippen LogP contribution in [0.5, 0.6) is 0 Å². The van der Waals surface area contributed by atoms with Crippen molar-refractivity contribution in [2.45, 2.75) is 32.2 Å². The third-order valence-corrected chi connectivity index (χ3v) is 6.62. The summed E-state index contributed by atoms with van der Waals surface area (Å²) in [6.07, 6.45) is 7.16. The summed E-state index contributed by atoms with van der Waals surface area (Å²) >= 11 is 0. The minimum Gasteiger partial charge on any atom is -0.399 e. The van der Waals surface area contributed by atoms with E-state index < -0.39 is 0 Å². The number of likely N-dealkylation sites (tertiary alicyclic amines) is 2. The molecule has 0 spiro atoms. The van der Waals surface area contributed by atoms with Gasteiger partial charge in [0.25, 0.3) is 0 Å². The second-order valence-electron chi connectivity index (χ2n) is 8.67. The van der Waals surface area contributed by atoms with Crippen LogP contribution in [0.25, 0.3) is 0 Å². The van der Waals surface area contributed by atoms with Crippen molar-refractivity contribution in [2.75, 3.05) is 33.3 Å². The van der Waals surface area contributed by atoms with Crippen LogP contribution >= 0.6 is 0 Å². The average Bonchev–Trinajstić information content (AvgIpc) is 2.84. The van der Waals surface area contributed by atoms with Gasteiger partial charge < -0.3 is 9.74 Å². The fourth-order valence-corrected chi connectivity index (χ4v) is 4.80. The average molecular weight is 439 g/mol. The lowest BCUT2D eigenvalue weighted by molar-refractivity contribution is -0.138. The summed E-state index contributed by atoms with van der Waals surface area (Å²) in [5, 5.41) is 4.23. The minimum absolute atomic E-state index is 0.115. The number of carbonyl (C=O) groups is 1. The second kappa shape index (κ2) is 10.7. The van der Waals surface area contributed by atoms with Crippen molar-refractivity contribution in [1.82, 2.24) is 14.8 Å². The predicted octanol–water partition coefficient (Wildman–Crippen LogP) is 3.72. The zero-order valence-corrected chi connectivity index (χ0v) is 18.6. The first-order chi connectivity index (χ1) is 15.6. The number of halogens is 1. The second-order valence-corrected chi connectivity index (χ2v) is 8.67. The maximum atomic E-state index is 13.3. The van der Waals surface area contributed by atoms with E-state index in [0.29, 0.717) is 5.91 Å². The Balaban J connectivity index is 1.28. The molecule has 3 heterocycles. The fourth-order valence-electron chi connectivity index (χ4n) is 4.80. The number of rotatable bonds is 6. The monoisotopic (exact) mass is 438 g/mol. The highest BCUT2D eigenvalue weighted by Gasteiger charge is 2.32. The summed E-state index contributed by atoms with van der Waals surface area (Å²) in [5.74, 6) is 0.341. The van der Waals surface area contributed by atoms with Gasteiger partial charge in [-0.1, -0.05) is 17.3 Å². The van der Waals surface area contributed by atoms with Crippen LogP contribution in [0.4, 0.5) is 4.39 Å². The van der Waals surface area contributed by atoms with Crippen LogP contribution in [-0.4, -0.2) is 59.7 Å². The molecule has 0 N–H and O–H groups in total. The van der Waals surface area contributed by atoms with Gasteiger partial charge in [-0.05, 0) is 74.2 Å². The Morgan fingerprint density at radius 3 is 2.25 bits per heavy atom. The van der Waals surface area contributed by atoms with E-state index in [2.05, 4.69) is 27.2 Å². The minimum atomic E-state index is -0.266. The molecule has 1 aromatic heterocycles. The van der Waals surface area contributed by atoms with E-state index in [1.165, 1.54) is 24.8 Å². The topological polar surface area (TPSA) is 58.0 Å². The lowest BCUT2D eigenvalue weighted by Crippen LogP contribution is -2.46. The Morgan fingerprint density at radius 1 is 1.00 bits per heavy atom. The van der Waals surface area contributed by atoms with E-state index in [0.717, 1.165) is 69.7 Å². The molecule has 2 aliphatic rings. The van der Waals surface area contributed by atoms with Crippen molar-refractivity contribution in [3.63, 3.8) is 0 Å². The summed E-state index contributed by atoms with van der Waals surface area (Å²) in [7, 11) is 1.53. The van der Waals surface area contributed by atoms with Crippen LogP contribution < -0.4 is 0 Å². The van der Waals surface area contributed by atoms with E-state index in [4.69, 9.17) is 4.84 Å². The standard InChI is InChI=1S/C25H31FN4O2/c1-32-28-24(20-2-4-23(26)5-3-20)21-10-16-30(17-11-21)25(31)22-8-14-29(15-9-22)18-19-6-12-27-13-7-19/h2-7,12-13,21-22H,8-11,14-18H2,1H3. The lowest BCUT2D eigenvalue weighted by atomic mass is 9.87. The maximum absolute atomic E-state index is 13.3. The normalized spacial score (nSPS) is 19.2. The summed E-state index contributed by atoms with van der Waals surface area (Å²) in [5.41, 5.74) is 2.98. The molecule has 2 fully saturated rings. The van der Waals surface area contributed by atoms with Gasteiger partial charge >= 0.3 is 0 Å². The van der Waals surface area contributed by atoms with Gasteiger partial charge in [0.1, 0.15) is 12.9 Å². The predicted molar refractivity (Wildman–Crippen MR) is 121 cm³/mol. The Labute approximate surface area is 189 Å². The first-order valence-corrected chi connectivity index (χ1v) is 11.4. The Kier molecular flexibility index (Phi) is 7.47. The number of aromatic nitrogens is 1. The summed E-state index contributed by atoms with van der Waals surface area (Å²) in [6, 6.07) is 10.5. The van der Waals surface area contributed by atoms with Gasteiger partial charge in [-0.15, -0.1) is 0 Å². The first kappa shape index (κ1) is 22.4. The molecule has 0 aliphatic carbocycles. The third-order valence-electron chi connectivity index (χ3n) is 6.62. The molecule has 7 heteroatoms. The highest BCUT2D eigenvalue weighted by Crippen LogP contribution is 2.27. The number of hydrogen-bond donors (Lipinski definition) is 0. The number of oxime groups is 1. The largest absolute Gasteiger partial charge is 0.399 e. The summed E-state index contributed by atoms with van der Waals surface area (Å²) < 4.78 is 13.3. The molecule has 1 amide bonds. The third kappa shape index (κ3) is 5.51. The van der Waals surface area contributed by atoms with Crippen molar-refractivity contribution in [3.05, 3.63) is 65.7 Å². The number of benzene rings is 1. The molecular formula is C25H31FN4O2. The zero-order valence-electron chi connectivity index (χ0n) is 18.6. The van der Waals surface area contributed by atoms with Crippen molar-refractivity contribution in [2.24, 2.45) is 17.0 Å². The molecule has 6 nitrogen and oxygen atoms in total. The van der Waals surface area contributed by atoms with E-state index in [1.54, 1.807) is 12.1 Å². The van der Waals surface area contributed by atoms with Crippen molar-refractivity contribution in [1.29, 1.82) is 0 Å².